The second kappa shape index (κ2) is 10.2. The predicted octanol–water partition coefficient (Wildman–Crippen LogP) is 7.69. The van der Waals surface area contributed by atoms with Crippen LogP contribution in [0.1, 0.15) is 52.7 Å². The summed E-state index contributed by atoms with van der Waals surface area (Å²) in [7, 11) is -3.83. The van der Waals surface area contributed by atoms with Crippen molar-refractivity contribution in [2.45, 2.75) is 36.1 Å². The number of hydrogen-bond donors (Lipinski definition) is 3. The van der Waals surface area contributed by atoms with Crippen LogP contribution in [-0.2, 0) is 10.0 Å². The summed E-state index contributed by atoms with van der Waals surface area (Å²) in [4.78, 5) is 13.4. The summed E-state index contributed by atoms with van der Waals surface area (Å²) >= 11 is 6.11. The van der Waals surface area contributed by atoms with Crippen molar-refractivity contribution in [2.75, 3.05) is 15.4 Å². The summed E-state index contributed by atoms with van der Waals surface area (Å²) in [6, 6.07) is 29.7. The SMILES string of the molecule is O=C(Nc1ccc(S(=O)(=O)Nc2ccccc2Cl)cc1)c1ccc2c(c1)[C@@H]1[C@H]3CC[C@@H](C3)[C@H]1[C@H](c1ccccc1)N2. The van der Waals surface area contributed by atoms with Crippen LogP contribution in [0, 0.1) is 17.8 Å². The number of nitrogens with one attached hydrogen (secondary N) is 3. The number of carbonyl (C=O) groups is 1. The van der Waals surface area contributed by atoms with Crippen molar-refractivity contribution in [3.63, 3.8) is 0 Å². The molecule has 3 N–H and O–H groups in total. The fourth-order valence-corrected chi connectivity index (χ4v) is 8.60. The summed E-state index contributed by atoms with van der Waals surface area (Å²) in [5.41, 5.74) is 5.11. The minimum absolute atomic E-state index is 0.0746. The Balaban J connectivity index is 1.10. The maximum atomic E-state index is 13.3. The van der Waals surface area contributed by atoms with Gasteiger partial charge in [0.05, 0.1) is 21.6 Å². The van der Waals surface area contributed by atoms with Crippen molar-refractivity contribution in [3.8, 4) is 0 Å². The van der Waals surface area contributed by atoms with Gasteiger partial charge in [-0.1, -0.05) is 54.1 Å². The predicted molar refractivity (Wildman–Crippen MR) is 163 cm³/mol. The number of fused-ring (bicyclic) bond motifs is 7. The zero-order valence-electron chi connectivity index (χ0n) is 22.3. The smallest absolute Gasteiger partial charge is 0.261 e. The third-order valence-corrected chi connectivity index (χ3v) is 10.8. The summed E-state index contributed by atoms with van der Waals surface area (Å²) in [6.45, 7) is 0. The lowest BCUT2D eigenvalue weighted by molar-refractivity contribution is 0.102. The van der Waals surface area contributed by atoms with Crippen LogP contribution in [0.4, 0.5) is 17.1 Å². The number of sulfonamides is 1. The van der Waals surface area contributed by atoms with Gasteiger partial charge in [-0.25, -0.2) is 8.42 Å². The molecule has 3 aliphatic rings. The molecule has 208 valence electrons. The van der Waals surface area contributed by atoms with Crippen LogP contribution in [0.2, 0.25) is 5.02 Å². The van der Waals surface area contributed by atoms with E-state index in [2.05, 4.69) is 51.8 Å². The lowest BCUT2D eigenvalue weighted by Gasteiger charge is -2.43. The molecular formula is C33H30ClN3O3S. The number of halogens is 1. The molecule has 1 heterocycles. The van der Waals surface area contributed by atoms with Gasteiger partial charge in [0.25, 0.3) is 15.9 Å². The van der Waals surface area contributed by atoms with Gasteiger partial charge in [-0.3, -0.25) is 9.52 Å². The van der Waals surface area contributed by atoms with E-state index in [1.165, 1.54) is 42.5 Å². The molecule has 0 radical (unpaired) electrons. The molecule has 2 bridgehead atoms. The third-order valence-electron chi connectivity index (χ3n) is 9.05. The molecule has 0 spiro atoms. The summed E-state index contributed by atoms with van der Waals surface area (Å²) in [6.07, 6.45) is 3.80. The van der Waals surface area contributed by atoms with Crippen molar-refractivity contribution in [3.05, 3.63) is 119 Å². The molecular weight excluding hydrogens is 554 g/mol. The van der Waals surface area contributed by atoms with Crippen LogP contribution >= 0.6 is 11.6 Å². The van der Waals surface area contributed by atoms with E-state index in [4.69, 9.17) is 11.6 Å². The molecule has 2 aliphatic carbocycles. The number of hydrogen-bond acceptors (Lipinski definition) is 4. The molecule has 2 fully saturated rings. The molecule has 1 aliphatic heterocycles. The number of anilines is 3. The zero-order chi connectivity index (χ0) is 28.1. The highest BCUT2D eigenvalue weighted by Crippen LogP contribution is 2.63. The fourth-order valence-electron chi connectivity index (χ4n) is 7.29. The molecule has 7 rings (SSSR count). The fraction of sp³-hybridized carbons (Fsp3) is 0.242. The highest BCUT2D eigenvalue weighted by Gasteiger charge is 2.53. The van der Waals surface area contributed by atoms with Crippen molar-refractivity contribution in [1.82, 2.24) is 0 Å². The van der Waals surface area contributed by atoms with Gasteiger partial charge >= 0.3 is 0 Å². The first kappa shape index (κ1) is 26.1. The first-order chi connectivity index (χ1) is 19.9. The van der Waals surface area contributed by atoms with Crippen molar-refractivity contribution in [1.29, 1.82) is 0 Å². The summed E-state index contributed by atoms with van der Waals surface area (Å²) in [5.74, 6) is 2.11. The quantitative estimate of drug-likeness (QED) is 0.217. The van der Waals surface area contributed by atoms with Crippen LogP contribution in [0.25, 0.3) is 0 Å². The van der Waals surface area contributed by atoms with E-state index in [0.29, 0.717) is 45.6 Å². The van der Waals surface area contributed by atoms with Crippen LogP contribution in [0.5, 0.6) is 0 Å². The number of amides is 1. The van der Waals surface area contributed by atoms with Gasteiger partial charge in [-0.2, -0.15) is 0 Å². The highest BCUT2D eigenvalue weighted by molar-refractivity contribution is 7.92. The first-order valence-corrected chi connectivity index (χ1v) is 15.9. The van der Waals surface area contributed by atoms with Crippen molar-refractivity contribution in [2.24, 2.45) is 17.8 Å². The molecule has 5 atom stereocenters. The van der Waals surface area contributed by atoms with Gasteiger partial charge in [0.15, 0.2) is 0 Å². The topological polar surface area (TPSA) is 87.3 Å². The number of carbonyl (C=O) groups excluding carboxylic acids is 1. The van der Waals surface area contributed by atoms with Gasteiger partial charge in [0.2, 0.25) is 0 Å². The number of benzene rings is 4. The minimum Gasteiger partial charge on any atom is -0.378 e. The molecule has 8 heteroatoms. The van der Waals surface area contributed by atoms with E-state index < -0.39 is 10.0 Å². The normalized spacial score (nSPS) is 24.2. The number of rotatable bonds is 6. The Labute approximate surface area is 245 Å². The zero-order valence-corrected chi connectivity index (χ0v) is 23.8. The first-order valence-electron chi connectivity index (χ1n) is 14.0. The van der Waals surface area contributed by atoms with Crippen LogP contribution in [-0.4, -0.2) is 14.3 Å². The van der Waals surface area contributed by atoms with Gasteiger partial charge in [0, 0.05) is 16.9 Å². The van der Waals surface area contributed by atoms with Gasteiger partial charge in [-0.05, 0) is 109 Å². The molecule has 2 saturated carbocycles. The second-order valence-electron chi connectivity index (χ2n) is 11.3. The third kappa shape index (κ3) is 4.77. The van der Waals surface area contributed by atoms with Gasteiger partial charge in [0.1, 0.15) is 0 Å². The largest absolute Gasteiger partial charge is 0.378 e. The van der Waals surface area contributed by atoms with E-state index in [1.54, 1.807) is 36.4 Å². The molecule has 1 amide bonds. The molecule has 0 aromatic heterocycles. The van der Waals surface area contributed by atoms with E-state index in [9.17, 15) is 13.2 Å². The lowest BCUT2D eigenvalue weighted by atomic mass is 9.68. The Morgan fingerprint density at radius 2 is 1.59 bits per heavy atom. The molecule has 0 unspecified atom stereocenters. The maximum Gasteiger partial charge on any atom is 0.261 e. The van der Waals surface area contributed by atoms with Gasteiger partial charge in [-0.15, -0.1) is 0 Å². The van der Waals surface area contributed by atoms with E-state index >= 15 is 0 Å². The summed E-state index contributed by atoms with van der Waals surface area (Å²) in [5, 5.41) is 7.07. The Kier molecular flexibility index (Phi) is 6.51. The molecule has 4 aromatic rings. The second-order valence-corrected chi connectivity index (χ2v) is 13.4. The minimum atomic E-state index is -3.83. The Bertz CT molecular complexity index is 1730. The Morgan fingerprint density at radius 3 is 2.37 bits per heavy atom. The average molecular weight is 584 g/mol. The molecule has 4 aromatic carbocycles. The standard InChI is InChI=1S/C33H30ClN3O3S/c34-27-8-4-5-9-29(27)37-41(39,40)25-15-13-24(14-16-25)35-33(38)23-12-17-28-26(19-23)30-21-10-11-22(18-21)31(30)32(36-28)20-6-2-1-3-7-20/h1-9,12-17,19,21-22,30-32,36-37H,10-11,18H2,(H,35,38)/t21-,22-,30-,31+,32-/m0/s1. The monoisotopic (exact) mass is 583 g/mol. The van der Waals surface area contributed by atoms with Crippen molar-refractivity contribution < 1.29 is 13.2 Å². The molecule has 6 nitrogen and oxygen atoms in total. The highest BCUT2D eigenvalue weighted by atomic mass is 35.5. The molecule has 41 heavy (non-hydrogen) atoms. The van der Waals surface area contributed by atoms with Crippen LogP contribution in [0.3, 0.4) is 0 Å². The van der Waals surface area contributed by atoms with Crippen LogP contribution < -0.4 is 15.4 Å². The van der Waals surface area contributed by atoms with E-state index in [1.807, 2.05) is 12.1 Å². The summed E-state index contributed by atoms with van der Waals surface area (Å²) < 4.78 is 28.2. The van der Waals surface area contributed by atoms with Gasteiger partial charge < -0.3 is 10.6 Å². The lowest BCUT2D eigenvalue weighted by Crippen LogP contribution is -2.35. The Morgan fingerprint density at radius 1 is 0.854 bits per heavy atom. The average Bonchev–Trinajstić information content (AvgIpc) is 3.62. The van der Waals surface area contributed by atoms with E-state index in [-0.39, 0.29) is 16.8 Å². The molecule has 0 saturated heterocycles. The number of para-hydroxylation sites is 1. The Hall–Kier alpha value is -3.81. The maximum absolute atomic E-state index is 13.3. The van der Waals surface area contributed by atoms with Crippen molar-refractivity contribution >= 4 is 44.6 Å². The van der Waals surface area contributed by atoms with Crippen LogP contribution in [0.15, 0.2) is 102 Å². The van der Waals surface area contributed by atoms with E-state index in [0.717, 1.165) is 5.69 Å².